The molecule has 3 N–H and O–H groups in total. The standard InChI is InChI=1S/C21H21N3O2/c1-15-7-2-3-8-16(15)13-23-17-9-4-5-10-18(17)24(21(23)22)14-19(25)20-11-6-12-26-20/h2-12,19,22,25H,13-14H2,1H3/p+1/t19-/m1/s1. The first-order valence-electron chi connectivity index (χ1n) is 8.67. The number of anilines is 1. The van der Waals surface area contributed by atoms with Crippen molar-refractivity contribution in [3.05, 3.63) is 83.8 Å². The minimum Gasteiger partial charge on any atom is -0.466 e. The number of hydrogen-bond donors (Lipinski definition) is 2. The summed E-state index contributed by atoms with van der Waals surface area (Å²) in [6.45, 7) is 3.12. The summed E-state index contributed by atoms with van der Waals surface area (Å²) in [4.78, 5) is 0. The Morgan fingerprint density at radius 1 is 1.08 bits per heavy atom. The molecule has 2 aromatic carbocycles. The van der Waals surface area contributed by atoms with Crippen molar-refractivity contribution in [2.45, 2.75) is 26.1 Å². The van der Waals surface area contributed by atoms with E-state index in [-0.39, 0.29) is 0 Å². The van der Waals surface area contributed by atoms with Crippen LogP contribution in [0.2, 0.25) is 0 Å². The molecule has 0 saturated heterocycles. The van der Waals surface area contributed by atoms with Gasteiger partial charge in [0, 0.05) is 0 Å². The fraction of sp³-hybridized carbons (Fsp3) is 0.190. The highest BCUT2D eigenvalue weighted by molar-refractivity contribution is 5.74. The molecule has 0 amide bonds. The van der Waals surface area contributed by atoms with Gasteiger partial charge in [0.15, 0.2) is 0 Å². The number of imidazole rings is 1. The summed E-state index contributed by atoms with van der Waals surface area (Å²) in [6.07, 6.45) is 0.809. The topological polar surface area (TPSA) is 68.2 Å². The zero-order valence-corrected chi connectivity index (χ0v) is 14.7. The molecule has 4 aromatic rings. The number of aromatic nitrogens is 2. The van der Waals surface area contributed by atoms with Gasteiger partial charge >= 0.3 is 5.95 Å². The molecule has 5 heteroatoms. The number of fused-ring (bicyclic) bond motifs is 1. The number of para-hydroxylation sites is 2. The molecular formula is C21H22N3O2+. The Morgan fingerprint density at radius 2 is 1.85 bits per heavy atom. The molecule has 0 saturated carbocycles. The van der Waals surface area contributed by atoms with E-state index >= 15 is 0 Å². The first kappa shape index (κ1) is 16.4. The molecular weight excluding hydrogens is 326 g/mol. The van der Waals surface area contributed by atoms with Crippen LogP contribution in [0.5, 0.6) is 0 Å². The second-order valence-corrected chi connectivity index (χ2v) is 6.50. The molecule has 0 aliphatic heterocycles. The summed E-state index contributed by atoms with van der Waals surface area (Å²) >= 11 is 0. The summed E-state index contributed by atoms with van der Waals surface area (Å²) in [6, 6.07) is 19.9. The van der Waals surface area contributed by atoms with E-state index in [0.717, 1.165) is 11.0 Å². The van der Waals surface area contributed by atoms with Gasteiger partial charge in [0.1, 0.15) is 29.4 Å². The van der Waals surface area contributed by atoms with Crippen molar-refractivity contribution < 1.29 is 14.1 Å². The van der Waals surface area contributed by atoms with Gasteiger partial charge in [-0.2, -0.15) is 0 Å². The van der Waals surface area contributed by atoms with E-state index in [1.807, 2.05) is 34.9 Å². The van der Waals surface area contributed by atoms with Crippen LogP contribution in [0.4, 0.5) is 5.95 Å². The van der Waals surface area contributed by atoms with Crippen molar-refractivity contribution in [1.82, 2.24) is 4.57 Å². The number of benzene rings is 2. The first-order chi connectivity index (χ1) is 12.6. The third-order valence-electron chi connectivity index (χ3n) is 4.83. The lowest BCUT2D eigenvalue weighted by molar-refractivity contribution is -0.648. The highest BCUT2D eigenvalue weighted by Gasteiger charge is 2.24. The van der Waals surface area contributed by atoms with Crippen LogP contribution in [0.25, 0.3) is 11.0 Å². The third kappa shape index (κ3) is 2.86. The number of nitrogen functional groups attached to an aromatic ring is 1. The molecule has 0 fully saturated rings. The lowest BCUT2D eigenvalue weighted by Gasteiger charge is -2.08. The maximum atomic E-state index is 10.5. The summed E-state index contributed by atoms with van der Waals surface area (Å²) in [5, 5.41) is 10.5. The van der Waals surface area contributed by atoms with Gasteiger partial charge < -0.3 is 9.52 Å². The van der Waals surface area contributed by atoms with E-state index in [4.69, 9.17) is 10.2 Å². The number of rotatable bonds is 5. The molecule has 0 spiro atoms. The molecule has 5 nitrogen and oxygen atoms in total. The molecule has 132 valence electrons. The van der Waals surface area contributed by atoms with Gasteiger partial charge in [-0.15, -0.1) is 0 Å². The van der Waals surface area contributed by atoms with Gasteiger partial charge in [0.2, 0.25) is 0 Å². The maximum absolute atomic E-state index is 10.5. The van der Waals surface area contributed by atoms with Crippen LogP contribution >= 0.6 is 0 Å². The van der Waals surface area contributed by atoms with Crippen molar-refractivity contribution >= 4 is 17.0 Å². The van der Waals surface area contributed by atoms with Crippen LogP contribution in [0.1, 0.15) is 23.0 Å². The monoisotopic (exact) mass is 348 g/mol. The van der Waals surface area contributed by atoms with E-state index in [1.165, 1.54) is 11.1 Å². The minimum absolute atomic E-state index is 0.334. The fourth-order valence-corrected chi connectivity index (χ4v) is 3.37. The molecule has 0 aliphatic rings. The summed E-state index contributed by atoms with van der Waals surface area (Å²) in [5.41, 5.74) is 11.0. The van der Waals surface area contributed by atoms with Crippen LogP contribution in [-0.4, -0.2) is 9.67 Å². The normalized spacial score (nSPS) is 12.5. The molecule has 2 heterocycles. The Balaban J connectivity index is 1.77. The highest BCUT2D eigenvalue weighted by atomic mass is 16.4. The zero-order chi connectivity index (χ0) is 18.1. The van der Waals surface area contributed by atoms with Crippen molar-refractivity contribution in [1.29, 1.82) is 0 Å². The Bertz CT molecular complexity index is 1030. The Hall–Kier alpha value is -3.05. The summed E-state index contributed by atoms with van der Waals surface area (Å²) in [7, 11) is 0. The van der Waals surface area contributed by atoms with Crippen LogP contribution in [0, 0.1) is 6.92 Å². The second-order valence-electron chi connectivity index (χ2n) is 6.50. The fourth-order valence-electron chi connectivity index (χ4n) is 3.37. The van der Waals surface area contributed by atoms with Gasteiger partial charge in [-0.05, 0) is 42.3 Å². The van der Waals surface area contributed by atoms with Gasteiger partial charge in [-0.3, -0.25) is 5.73 Å². The van der Waals surface area contributed by atoms with Gasteiger partial charge in [-0.1, -0.05) is 36.4 Å². The smallest absolute Gasteiger partial charge is 0.356 e. The molecule has 0 radical (unpaired) electrons. The number of hydrogen-bond acceptors (Lipinski definition) is 3. The van der Waals surface area contributed by atoms with Gasteiger partial charge in [0.05, 0.1) is 12.8 Å². The molecule has 2 aromatic heterocycles. The van der Waals surface area contributed by atoms with Crippen molar-refractivity contribution in [3.63, 3.8) is 0 Å². The highest BCUT2D eigenvalue weighted by Crippen LogP contribution is 2.22. The molecule has 26 heavy (non-hydrogen) atoms. The Kier molecular flexibility index (Phi) is 4.22. The van der Waals surface area contributed by atoms with Crippen LogP contribution in [0.3, 0.4) is 0 Å². The maximum Gasteiger partial charge on any atom is 0.356 e. The first-order valence-corrected chi connectivity index (χ1v) is 8.67. The number of aryl methyl sites for hydroxylation is 1. The van der Waals surface area contributed by atoms with E-state index in [1.54, 1.807) is 18.4 Å². The average molecular weight is 348 g/mol. The summed E-state index contributed by atoms with van der Waals surface area (Å²) < 4.78 is 9.36. The summed E-state index contributed by atoms with van der Waals surface area (Å²) in [5.74, 6) is 1.15. The average Bonchev–Trinajstić information content (AvgIpc) is 3.27. The second kappa shape index (κ2) is 6.69. The molecule has 1 atom stereocenters. The number of nitrogens with two attached hydrogens (primary N) is 1. The zero-order valence-electron chi connectivity index (χ0n) is 14.7. The Labute approximate surface area is 151 Å². The van der Waals surface area contributed by atoms with E-state index in [2.05, 4.69) is 29.7 Å². The SMILES string of the molecule is Cc1ccccc1C[n+]1c(N)n(C[C@@H](O)c2ccco2)c2ccccc21. The lowest BCUT2D eigenvalue weighted by atomic mass is 10.1. The molecule has 0 unspecified atom stereocenters. The number of aliphatic hydroxyl groups is 1. The minimum atomic E-state index is -0.755. The van der Waals surface area contributed by atoms with Gasteiger partial charge in [0.25, 0.3) is 0 Å². The predicted molar refractivity (Wildman–Crippen MR) is 100 cm³/mol. The lowest BCUT2D eigenvalue weighted by Crippen LogP contribution is -2.37. The van der Waals surface area contributed by atoms with E-state index < -0.39 is 6.10 Å². The van der Waals surface area contributed by atoms with Crippen molar-refractivity contribution in [2.24, 2.45) is 0 Å². The quantitative estimate of drug-likeness (QED) is 0.544. The van der Waals surface area contributed by atoms with Crippen LogP contribution < -0.4 is 10.3 Å². The predicted octanol–water partition coefficient (Wildman–Crippen LogP) is 3.19. The van der Waals surface area contributed by atoms with Gasteiger partial charge in [-0.25, -0.2) is 9.13 Å². The van der Waals surface area contributed by atoms with Crippen LogP contribution in [0.15, 0.2) is 71.3 Å². The van der Waals surface area contributed by atoms with Crippen molar-refractivity contribution in [2.75, 3.05) is 5.73 Å². The van der Waals surface area contributed by atoms with Crippen molar-refractivity contribution in [3.8, 4) is 0 Å². The molecule has 0 bridgehead atoms. The van der Waals surface area contributed by atoms with E-state index in [0.29, 0.717) is 24.8 Å². The van der Waals surface area contributed by atoms with E-state index in [9.17, 15) is 5.11 Å². The largest absolute Gasteiger partial charge is 0.466 e. The Morgan fingerprint density at radius 3 is 2.62 bits per heavy atom. The number of aliphatic hydroxyl groups excluding tert-OH is 1. The molecule has 4 rings (SSSR count). The number of furan rings is 1. The molecule has 0 aliphatic carbocycles. The third-order valence-corrected chi connectivity index (χ3v) is 4.83. The van der Waals surface area contributed by atoms with Crippen LogP contribution in [-0.2, 0) is 13.1 Å². The number of nitrogens with zero attached hydrogens (tertiary/aromatic N) is 2.